The minimum atomic E-state index is -0.0741. The lowest BCUT2D eigenvalue weighted by molar-refractivity contribution is 0.145. The van der Waals surface area contributed by atoms with Crippen LogP contribution in [0.2, 0.25) is 0 Å². The van der Waals surface area contributed by atoms with Crippen LogP contribution in [0.4, 0.5) is 0 Å². The molecule has 0 aliphatic carbocycles. The fraction of sp³-hybridized carbons (Fsp3) is 0.538. The summed E-state index contributed by atoms with van der Waals surface area (Å²) in [5.41, 5.74) is 0. The van der Waals surface area contributed by atoms with Gasteiger partial charge in [0.05, 0.1) is 6.10 Å². The van der Waals surface area contributed by atoms with Gasteiger partial charge in [0.1, 0.15) is 5.75 Å². The molecule has 15 heavy (non-hydrogen) atoms. The fourth-order valence-electron chi connectivity index (χ4n) is 1.14. The second-order valence-electron chi connectivity index (χ2n) is 4.03. The fourth-order valence-corrected chi connectivity index (χ4v) is 1.14. The molecule has 0 fully saturated rings. The van der Waals surface area contributed by atoms with Crippen LogP contribution in [0.25, 0.3) is 0 Å². The van der Waals surface area contributed by atoms with E-state index in [9.17, 15) is 0 Å². The van der Waals surface area contributed by atoms with E-state index in [1.807, 2.05) is 13.0 Å². The number of benzene rings is 1. The molecule has 0 spiro atoms. The quantitative estimate of drug-likeness (QED) is 0.804. The van der Waals surface area contributed by atoms with Gasteiger partial charge in [-0.1, -0.05) is 39.0 Å². The van der Waals surface area contributed by atoms with Crippen molar-refractivity contribution < 1.29 is 10.2 Å². The first-order valence-corrected chi connectivity index (χ1v) is 5.48. The molecule has 1 rings (SSSR count). The van der Waals surface area contributed by atoms with Gasteiger partial charge in [-0.25, -0.2) is 0 Å². The van der Waals surface area contributed by atoms with Crippen molar-refractivity contribution in [1.29, 1.82) is 0 Å². The minimum absolute atomic E-state index is 0.0741. The molecule has 0 saturated heterocycles. The molecule has 0 amide bonds. The zero-order valence-electron chi connectivity index (χ0n) is 9.85. The number of rotatable bonds is 3. The third-order valence-corrected chi connectivity index (χ3v) is 1.97. The maximum absolute atomic E-state index is 9.03. The summed E-state index contributed by atoms with van der Waals surface area (Å²) in [6.45, 7) is 6.25. The van der Waals surface area contributed by atoms with E-state index in [1.165, 1.54) is 0 Å². The van der Waals surface area contributed by atoms with Crippen molar-refractivity contribution >= 4 is 0 Å². The molecule has 0 radical (unpaired) electrons. The van der Waals surface area contributed by atoms with Gasteiger partial charge in [-0.15, -0.1) is 0 Å². The second kappa shape index (κ2) is 8.30. The standard InChI is InChI=1S/C7H16O.C6H6O/c1-4-7(8)5-6(2)3;7-6-4-2-1-3-5-6/h6-8H,4-5H2,1-3H3;1-5,7H. The summed E-state index contributed by atoms with van der Waals surface area (Å²) in [5, 5.41) is 17.7. The van der Waals surface area contributed by atoms with Crippen molar-refractivity contribution in [2.75, 3.05) is 0 Å². The third kappa shape index (κ3) is 9.29. The summed E-state index contributed by atoms with van der Waals surface area (Å²) in [5.74, 6) is 0.951. The Balaban J connectivity index is 0.000000262. The van der Waals surface area contributed by atoms with E-state index in [2.05, 4.69) is 13.8 Å². The third-order valence-electron chi connectivity index (χ3n) is 1.97. The predicted octanol–water partition coefficient (Wildman–Crippen LogP) is 3.20. The molecule has 86 valence electrons. The molecule has 0 aliphatic rings. The van der Waals surface area contributed by atoms with Gasteiger partial charge in [0.15, 0.2) is 0 Å². The lowest BCUT2D eigenvalue weighted by Gasteiger charge is -2.08. The van der Waals surface area contributed by atoms with Crippen LogP contribution in [0.15, 0.2) is 30.3 Å². The van der Waals surface area contributed by atoms with Crippen LogP contribution in [-0.4, -0.2) is 16.3 Å². The van der Waals surface area contributed by atoms with Crippen LogP contribution in [0.1, 0.15) is 33.6 Å². The van der Waals surface area contributed by atoms with E-state index >= 15 is 0 Å². The summed E-state index contributed by atoms with van der Waals surface area (Å²) < 4.78 is 0. The highest BCUT2D eigenvalue weighted by molar-refractivity contribution is 5.18. The van der Waals surface area contributed by atoms with E-state index in [0.29, 0.717) is 11.7 Å². The maximum Gasteiger partial charge on any atom is 0.115 e. The van der Waals surface area contributed by atoms with Gasteiger partial charge >= 0.3 is 0 Å². The zero-order chi connectivity index (χ0) is 11.7. The van der Waals surface area contributed by atoms with Crippen molar-refractivity contribution in [3.05, 3.63) is 30.3 Å². The molecule has 0 bridgehead atoms. The molecule has 1 unspecified atom stereocenters. The van der Waals surface area contributed by atoms with Crippen LogP contribution >= 0.6 is 0 Å². The molecular formula is C13H22O2. The Bertz CT molecular complexity index is 232. The molecule has 2 N–H and O–H groups in total. The number of aliphatic hydroxyl groups excluding tert-OH is 1. The predicted molar refractivity (Wildman–Crippen MR) is 63.9 cm³/mol. The lowest BCUT2D eigenvalue weighted by atomic mass is 10.0. The molecule has 0 heterocycles. The number of aliphatic hydroxyl groups is 1. The van der Waals surface area contributed by atoms with Crippen molar-refractivity contribution in [1.82, 2.24) is 0 Å². The number of hydrogen-bond donors (Lipinski definition) is 2. The average Bonchev–Trinajstić information content (AvgIpc) is 2.19. The topological polar surface area (TPSA) is 40.5 Å². The molecule has 0 saturated carbocycles. The highest BCUT2D eigenvalue weighted by Crippen LogP contribution is 2.06. The van der Waals surface area contributed by atoms with Crippen LogP contribution in [-0.2, 0) is 0 Å². The largest absolute Gasteiger partial charge is 0.508 e. The first-order chi connectivity index (χ1) is 7.06. The minimum Gasteiger partial charge on any atom is -0.508 e. The lowest BCUT2D eigenvalue weighted by Crippen LogP contribution is -2.07. The summed E-state index contributed by atoms with van der Waals surface area (Å²) in [6, 6.07) is 8.71. The van der Waals surface area contributed by atoms with E-state index in [4.69, 9.17) is 10.2 Å². The zero-order valence-corrected chi connectivity index (χ0v) is 9.85. The first kappa shape index (κ1) is 14.0. The Hall–Kier alpha value is -1.02. The van der Waals surface area contributed by atoms with Gasteiger partial charge in [-0.2, -0.15) is 0 Å². The van der Waals surface area contributed by atoms with Gasteiger partial charge in [0.25, 0.3) is 0 Å². The Morgan fingerprint density at radius 2 is 1.67 bits per heavy atom. The first-order valence-electron chi connectivity index (χ1n) is 5.48. The van der Waals surface area contributed by atoms with E-state index in [0.717, 1.165) is 12.8 Å². The highest BCUT2D eigenvalue weighted by Gasteiger charge is 2.01. The molecule has 1 aromatic carbocycles. The molecule has 2 nitrogen and oxygen atoms in total. The Morgan fingerprint density at radius 3 is 1.87 bits per heavy atom. The average molecular weight is 210 g/mol. The van der Waals surface area contributed by atoms with Crippen LogP contribution < -0.4 is 0 Å². The van der Waals surface area contributed by atoms with Crippen LogP contribution in [0.5, 0.6) is 5.75 Å². The van der Waals surface area contributed by atoms with Gasteiger partial charge < -0.3 is 10.2 Å². The van der Waals surface area contributed by atoms with Crippen LogP contribution in [0, 0.1) is 5.92 Å². The smallest absolute Gasteiger partial charge is 0.115 e. The molecule has 2 heteroatoms. The summed E-state index contributed by atoms with van der Waals surface area (Å²) in [7, 11) is 0. The SMILES string of the molecule is CCC(O)CC(C)C.Oc1ccccc1. The van der Waals surface area contributed by atoms with Gasteiger partial charge in [0, 0.05) is 0 Å². The normalized spacial score (nSPS) is 11.8. The monoisotopic (exact) mass is 210 g/mol. The number of phenolic OH excluding ortho intramolecular Hbond substituents is 1. The highest BCUT2D eigenvalue weighted by atomic mass is 16.3. The van der Waals surface area contributed by atoms with Crippen molar-refractivity contribution in [3.63, 3.8) is 0 Å². The summed E-state index contributed by atoms with van der Waals surface area (Å²) in [4.78, 5) is 0. The Morgan fingerprint density at radius 1 is 1.13 bits per heavy atom. The number of aromatic hydroxyl groups is 1. The van der Waals surface area contributed by atoms with E-state index in [-0.39, 0.29) is 6.10 Å². The number of hydrogen-bond acceptors (Lipinski definition) is 2. The van der Waals surface area contributed by atoms with Gasteiger partial charge in [-0.3, -0.25) is 0 Å². The Kier molecular flexibility index (Phi) is 7.74. The van der Waals surface area contributed by atoms with Crippen molar-refractivity contribution in [3.8, 4) is 5.75 Å². The molecule has 1 atom stereocenters. The van der Waals surface area contributed by atoms with E-state index in [1.54, 1.807) is 24.3 Å². The molecule has 0 aromatic heterocycles. The second-order valence-corrected chi connectivity index (χ2v) is 4.03. The maximum atomic E-state index is 9.03. The van der Waals surface area contributed by atoms with Crippen LogP contribution in [0.3, 0.4) is 0 Å². The van der Waals surface area contributed by atoms with Gasteiger partial charge in [-0.05, 0) is 30.9 Å². The number of para-hydroxylation sites is 1. The van der Waals surface area contributed by atoms with Crippen molar-refractivity contribution in [2.24, 2.45) is 5.92 Å². The number of phenols is 1. The molecule has 0 aliphatic heterocycles. The van der Waals surface area contributed by atoms with Gasteiger partial charge in [0.2, 0.25) is 0 Å². The summed E-state index contributed by atoms with van der Waals surface area (Å²) >= 11 is 0. The Labute approximate surface area is 92.6 Å². The molecular weight excluding hydrogens is 188 g/mol. The van der Waals surface area contributed by atoms with Crippen molar-refractivity contribution in [2.45, 2.75) is 39.7 Å². The molecule has 1 aromatic rings. The van der Waals surface area contributed by atoms with E-state index < -0.39 is 0 Å². The summed E-state index contributed by atoms with van der Waals surface area (Å²) in [6.07, 6.45) is 1.75.